The molecule has 1 amide bonds. The van der Waals surface area contributed by atoms with E-state index in [1.165, 1.54) is 35.0 Å². The Morgan fingerprint density at radius 2 is 1.75 bits per heavy atom. The number of carbonyl (C=O) groups is 1. The average Bonchev–Trinajstić information content (AvgIpc) is 3.25. The quantitative estimate of drug-likeness (QED) is 0.677. The van der Waals surface area contributed by atoms with Crippen molar-refractivity contribution in [1.82, 2.24) is 14.7 Å². The first-order valence-corrected chi connectivity index (χ1v) is 10.2. The van der Waals surface area contributed by atoms with Crippen LogP contribution >= 0.6 is 0 Å². The highest BCUT2D eigenvalue weighted by atomic mass is 19.1. The van der Waals surface area contributed by atoms with Gasteiger partial charge in [0.15, 0.2) is 11.4 Å². The third-order valence-corrected chi connectivity index (χ3v) is 6.29. The highest BCUT2D eigenvalue weighted by molar-refractivity contribution is 5.96. The van der Waals surface area contributed by atoms with Crippen LogP contribution < -0.4 is 5.43 Å². The number of fused-ring (bicyclic) bond motifs is 2. The van der Waals surface area contributed by atoms with Crippen molar-refractivity contribution in [1.29, 1.82) is 0 Å². The standard InChI is InChI=1S/C23H18F3N3O3/c24-13-5-3-12(4-6-13)19(15-8-7-14(25)10-16(15)26)20-17-2-1-9-28(17)23(32)21-22(31)18(30)11-27-29(20)21/h3-8,10-11,17,19-20,31H,1-2,9H2/t17-,19-,20-/m1/s1. The molecule has 6 nitrogen and oxygen atoms in total. The van der Waals surface area contributed by atoms with Gasteiger partial charge in [0.05, 0.1) is 18.3 Å². The second-order valence-corrected chi connectivity index (χ2v) is 8.04. The Labute approximate surface area is 180 Å². The summed E-state index contributed by atoms with van der Waals surface area (Å²) in [5.41, 5.74) is -0.410. The minimum atomic E-state index is -0.803. The number of aromatic nitrogens is 2. The number of benzene rings is 2. The van der Waals surface area contributed by atoms with Gasteiger partial charge in [-0.25, -0.2) is 13.2 Å². The maximum atomic E-state index is 15.0. The zero-order valence-corrected chi connectivity index (χ0v) is 16.7. The van der Waals surface area contributed by atoms with E-state index in [9.17, 15) is 23.5 Å². The first kappa shape index (κ1) is 20.3. The molecule has 0 radical (unpaired) electrons. The number of amides is 1. The summed E-state index contributed by atoms with van der Waals surface area (Å²) in [6, 6.07) is 7.56. The summed E-state index contributed by atoms with van der Waals surface area (Å²) >= 11 is 0. The predicted molar refractivity (Wildman–Crippen MR) is 108 cm³/mol. The van der Waals surface area contributed by atoms with E-state index in [1.54, 1.807) is 4.90 Å². The van der Waals surface area contributed by atoms with Crippen molar-refractivity contribution in [3.63, 3.8) is 0 Å². The van der Waals surface area contributed by atoms with E-state index in [4.69, 9.17) is 0 Å². The molecule has 0 aliphatic carbocycles. The molecule has 164 valence electrons. The second kappa shape index (κ2) is 7.51. The van der Waals surface area contributed by atoms with Crippen LogP contribution in [-0.4, -0.2) is 38.3 Å². The maximum Gasteiger partial charge on any atom is 0.276 e. The van der Waals surface area contributed by atoms with Crippen molar-refractivity contribution in [2.24, 2.45) is 0 Å². The summed E-state index contributed by atoms with van der Waals surface area (Å²) in [5, 5.41) is 14.5. The normalized spacial score (nSPS) is 20.7. The lowest BCUT2D eigenvalue weighted by Crippen LogP contribution is -2.51. The molecule has 0 saturated carbocycles. The number of rotatable bonds is 3. The van der Waals surface area contributed by atoms with Gasteiger partial charge >= 0.3 is 0 Å². The Morgan fingerprint density at radius 1 is 1.03 bits per heavy atom. The highest BCUT2D eigenvalue weighted by Crippen LogP contribution is 2.46. The molecular weight excluding hydrogens is 423 g/mol. The minimum Gasteiger partial charge on any atom is -0.502 e. The third kappa shape index (κ3) is 3.07. The van der Waals surface area contributed by atoms with Crippen molar-refractivity contribution in [2.45, 2.75) is 30.8 Å². The number of aromatic hydroxyl groups is 1. The van der Waals surface area contributed by atoms with E-state index in [2.05, 4.69) is 5.10 Å². The lowest BCUT2D eigenvalue weighted by Gasteiger charge is -2.42. The Balaban J connectivity index is 1.79. The minimum absolute atomic E-state index is 0.134. The SMILES string of the molecule is O=C1c2c(O)c(=O)cnn2[C@@H]([C@H](c2ccc(F)cc2)c2ccc(F)cc2F)[C@H]2CCCN12. The van der Waals surface area contributed by atoms with Gasteiger partial charge < -0.3 is 10.0 Å². The van der Waals surface area contributed by atoms with Crippen LogP contribution in [-0.2, 0) is 0 Å². The van der Waals surface area contributed by atoms with Gasteiger partial charge in [0, 0.05) is 18.5 Å². The van der Waals surface area contributed by atoms with E-state index < -0.39 is 52.5 Å². The monoisotopic (exact) mass is 441 g/mol. The van der Waals surface area contributed by atoms with E-state index in [-0.39, 0.29) is 11.3 Å². The van der Waals surface area contributed by atoms with Crippen LogP contribution in [0, 0.1) is 17.5 Å². The van der Waals surface area contributed by atoms with Gasteiger partial charge in [-0.3, -0.25) is 14.3 Å². The summed E-state index contributed by atoms with van der Waals surface area (Å²) in [6.45, 7) is 0.407. The third-order valence-electron chi connectivity index (χ3n) is 6.29. The van der Waals surface area contributed by atoms with Gasteiger partial charge in [-0.05, 0) is 42.2 Å². The zero-order valence-electron chi connectivity index (χ0n) is 16.7. The molecule has 2 aromatic carbocycles. The molecular formula is C23H18F3N3O3. The van der Waals surface area contributed by atoms with Crippen LogP contribution in [0.5, 0.6) is 5.75 Å². The summed E-state index contributed by atoms with van der Waals surface area (Å²) in [6.07, 6.45) is 2.17. The Kier molecular flexibility index (Phi) is 4.76. The van der Waals surface area contributed by atoms with Crippen LogP contribution in [0.15, 0.2) is 53.5 Å². The largest absolute Gasteiger partial charge is 0.502 e. The van der Waals surface area contributed by atoms with E-state index in [0.717, 1.165) is 18.3 Å². The molecule has 3 aromatic rings. The number of hydrogen-bond acceptors (Lipinski definition) is 4. The molecule has 1 saturated heterocycles. The molecule has 0 unspecified atom stereocenters. The van der Waals surface area contributed by atoms with Gasteiger partial charge in [-0.1, -0.05) is 18.2 Å². The molecule has 1 aromatic heterocycles. The Hall–Kier alpha value is -3.62. The molecule has 5 rings (SSSR count). The number of halogens is 3. The van der Waals surface area contributed by atoms with Crippen molar-refractivity contribution < 1.29 is 23.1 Å². The summed E-state index contributed by atoms with van der Waals surface area (Å²) in [5.74, 6) is -4.07. The van der Waals surface area contributed by atoms with Gasteiger partial charge in [0.1, 0.15) is 17.5 Å². The molecule has 9 heteroatoms. The van der Waals surface area contributed by atoms with Gasteiger partial charge in [-0.2, -0.15) is 5.10 Å². The fourth-order valence-electron chi connectivity index (χ4n) is 4.93. The Morgan fingerprint density at radius 3 is 2.47 bits per heavy atom. The summed E-state index contributed by atoms with van der Waals surface area (Å²) in [4.78, 5) is 26.7. The lowest BCUT2D eigenvalue weighted by atomic mass is 9.79. The van der Waals surface area contributed by atoms with Crippen molar-refractivity contribution in [3.05, 3.63) is 93.2 Å². The van der Waals surface area contributed by atoms with Crippen molar-refractivity contribution >= 4 is 5.91 Å². The average molecular weight is 441 g/mol. The van der Waals surface area contributed by atoms with E-state index in [0.29, 0.717) is 24.9 Å². The van der Waals surface area contributed by atoms with E-state index in [1.807, 2.05) is 0 Å². The molecule has 0 spiro atoms. The number of nitrogens with zero attached hydrogens (tertiary/aromatic N) is 3. The molecule has 32 heavy (non-hydrogen) atoms. The van der Waals surface area contributed by atoms with Crippen LogP contribution in [0.25, 0.3) is 0 Å². The van der Waals surface area contributed by atoms with E-state index >= 15 is 4.39 Å². The van der Waals surface area contributed by atoms with Crippen molar-refractivity contribution in [2.75, 3.05) is 6.54 Å². The first-order valence-electron chi connectivity index (χ1n) is 10.2. The smallest absolute Gasteiger partial charge is 0.276 e. The van der Waals surface area contributed by atoms with Crippen LogP contribution in [0.4, 0.5) is 13.2 Å². The van der Waals surface area contributed by atoms with Crippen LogP contribution in [0.3, 0.4) is 0 Å². The van der Waals surface area contributed by atoms with Gasteiger partial charge in [-0.15, -0.1) is 0 Å². The van der Waals surface area contributed by atoms with Crippen molar-refractivity contribution in [3.8, 4) is 5.75 Å². The molecule has 2 aliphatic rings. The fraction of sp³-hybridized carbons (Fsp3) is 0.261. The first-order chi connectivity index (χ1) is 15.4. The Bertz CT molecular complexity index is 1280. The summed E-state index contributed by atoms with van der Waals surface area (Å²) < 4.78 is 43.7. The van der Waals surface area contributed by atoms with Gasteiger partial charge in [0.25, 0.3) is 5.91 Å². The predicted octanol–water partition coefficient (Wildman–Crippen LogP) is 3.36. The fourth-order valence-corrected chi connectivity index (χ4v) is 4.93. The lowest BCUT2D eigenvalue weighted by molar-refractivity contribution is 0.0564. The number of carbonyl (C=O) groups excluding carboxylic acids is 1. The van der Waals surface area contributed by atoms with Crippen LogP contribution in [0.2, 0.25) is 0 Å². The number of hydrogen-bond donors (Lipinski definition) is 1. The second-order valence-electron chi connectivity index (χ2n) is 8.04. The molecule has 3 heterocycles. The molecule has 2 aliphatic heterocycles. The molecule has 0 bridgehead atoms. The maximum absolute atomic E-state index is 15.0. The zero-order chi connectivity index (χ0) is 22.6. The van der Waals surface area contributed by atoms with Crippen LogP contribution in [0.1, 0.15) is 46.4 Å². The molecule has 1 N–H and O–H groups in total. The highest BCUT2D eigenvalue weighted by Gasteiger charge is 2.48. The van der Waals surface area contributed by atoms with Gasteiger partial charge in [0.2, 0.25) is 5.43 Å². The topological polar surface area (TPSA) is 75.4 Å². The summed E-state index contributed by atoms with van der Waals surface area (Å²) in [7, 11) is 0. The molecule has 3 atom stereocenters. The molecule has 1 fully saturated rings.